The molecule has 0 spiro atoms. The van der Waals surface area contributed by atoms with E-state index in [1.807, 2.05) is 0 Å². The Labute approximate surface area is 56.1 Å². The van der Waals surface area contributed by atoms with Crippen LogP contribution >= 0.6 is 0 Å². The summed E-state index contributed by atoms with van der Waals surface area (Å²) in [7, 11) is 2.07. The molecule has 2 bridgehead atoms. The molecule has 1 fully saturated rings. The Balaban J connectivity index is 2.10. The fourth-order valence-corrected chi connectivity index (χ4v) is 2.11. The molecule has 50 valence electrons. The van der Waals surface area contributed by atoms with Gasteiger partial charge in [-0.1, -0.05) is 12.2 Å². The SMILES string of the molecule is CN[C@H]1C[C@H]2C=C[C@@H]1C2. The lowest BCUT2D eigenvalue weighted by Crippen LogP contribution is -2.28. The van der Waals surface area contributed by atoms with Crippen LogP contribution in [0.3, 0.4) is 0 Å². The summed E-state index contributed by atoms with van der Waals surface area (Å²) in [6, 6.07) is 0.792. The molecule has 1 heteroatoms. The maximum absolute atomic E-state index is 3.34. The second-order valence-corrected chi connectivity index (χ2v) is 3.18. The minimum absolute atomic E-state index is 0.792. The van der Waals surface area contributed by atoms with E-state index >= 15 is 0 Å². The summed E-state index contributed by atoms with van der Waals surface area (Å²) in [5, 5.41) is 3.34. The van der Waals surface area contributed by atoms with Gasteiger partial charge in [0.2, 0.25) is 0 Å². The third-order valence-electron chi connectivity index (χ3n) is 2.65. The summed E-state index contributed by atoms with van der Waals surface area (Å²) < 4.78 is 0. The van der Waals surface area contributed by atoms with Gasteiger partial charge in [0.25, 0.3) is 0 Å². The van der Waals surface area contributed by atoms with Gasteiger partial charge in [-0.2, -0.15) is 0 Å². The van der Waals surface area contributed by atoms with Gasteiger partial charge in [-0.15, -0.1) is 0 Å². The van der Waals surface area contributed by atoms with E-state index in [0.717, 1.165) is 17.9 Å². The predicted octanol–water partition coefficient (Wildman–Crippen LogP) is 1.17. The van der Waals surface area contributed by atoms with Crippen molar-refractivity contribution in [2.45, 2.75) is 18.9 Å². The van der Waals surface area contributed by atoms with Crippen LogP contribution in [0.1, 0.15) is 12.8 Å². The third kappa shape index (κ3) is 0.715. The zero-order valence-corrected chi connectivity index (χ0v) is 5.80. The molecule has 0 saturated heterocycles. The molecule has 0 amide bonds. The van der Waals surface area contributed by atoms with E-state index in [-0.39, 0.29) is 0 Å². The van der Waals surface area contributed by atoms with Crippen LogP contribution in [0.2, 0.25) is 0 Å². The molecule has 0 aromatic rings. The lowest BCUT2D eigenvalue weighted by atomic mass is 10.0. The summed E-state index contributed by atoms with van der Waals surface area (Å²) in [4.78, 5) is 0. The molecule has 0 aromatic heterocycles. The van der Waals surface area contributed by atoms with Gasteiger partial charge in [0, 0.05) is 6.04 Å². The lowest BCUT2D eigenvalue weighted by Gasteiger charge is -2.15. The van der Waals surface area contributed by atoms with Crippen molar-refractivity contribution in [3.8, 4) is 0 Å². The van der Waals surface area contributed by atoms with Gasteiger partial charge in [0.1, 0.15) is 0 Å². The molecule has 0 aromatic carbocycles. The van der Waals surface area contributed by atoms with Crippen molar-refractivity contribution in [3.05, 3.63) is 12.2 Å². The van der Waals surface area contributed by atoms with Gasteiger partial charge in [-0.05, 0) is 31.7 Å². The number of hydrogen-bond donors (Lipinski definition) is 1. The first-order valence-corrected chi connectivity index (χ1v) is 3.76. The molecule has 2 rings (SSSR count). The van der Waals surface area contributed by atoms with Gasteiger partial charge < -0.3 is 5.32 Å². The average molecular weight is 123 g/mol. The Morgan fingerprint density at radius 2 is 2.22 bits per heavy atom. The Bertz CT molecular complexity index is 140. The molecular weight excluding hydrogens is 110 g/mol. The van der Waals surface area contributed by atoms with E-state index < -0.39 is 0 Å². The van der Waals surface area contributed by atoms with Gasteiger partial charge in [0.05, 0.1) is 0 Å². The molecule has 1 nitrogen and oxygen atoms in total. The molecule has 0 radical (unpaired) electrons. The molecule has 1 N–H and O–H groups in total. The Hall–Kier alpha value is -0.300. The molecule has 2 aliphatic carbocycles. The fourth-order valence-electron chi connectivity index (χ4n) is 2.11. The van der Waals surface area contributed by atoms with Crippen LogP contribution in [0, 0.1) is 11.8 Å². The van der Waals surface area contributed by atoms with Crippen molar-refractivity contribution in [3.63, 3.8) is 0 Å². The monoisotopic (exact) mass is 123 g/mol. The zero-order valence-electron chi connectivity index (χ0n) is 5.80. The molecule has 9 heavy (non-hydrogen) atoms. The lowest BCUT2D eigenvalue weighted by molar-refractivity contribution is 0.489. The van der Waals surface area contributed by atoms with Gasteiger partial charge in [0.15, 0.2) is 0 Å². The smallest absolute Gasteiger partial charge is 0.0133 e. The Morgan fingerprint density at radius 1 is 1.33 bits per heavy atom. The van der Waals surface area contributed by atoms with Crippen molar-refractivity contribution in [2.24, 2.45) is 11.8 Å². The number of nitrogens with one attached hydrogen (secondary N) is 1. The number of hydrogen-bond acceptors (Lipinski definition) is 1. The van der Waals surface area contributed by atoms with Crippen LogP contribution in [-0.4, -0.2) is 13.1 Å². The van der Waals surface area contributed by atoms with E-state index in [2.05, 4.69) is 24.5 Å². The first-order valence-electron chi connectivity index (χ1n) is 3.76. The van der Waals surface area contributed by atoms with E-state index in [9.17, 15) is 0 Å². The van der Waals surface area contributed by atoms with Crippen LogP contribution in [0.5, 0.6) is 0 Å². The highest BCUT2D eigenvalue weighted by atomic mass is 14.9. The molecule has 3 atom stereocenters. The maximum Gasteiger partial charge on any atom is 0.0133 e. The van der Waals surface area contributed by atoms with Crippen LogP contribution in [0.15, 0.2) is 12.2 Å². The quantitative estimate of drug-likeness (QED) is 0.516. The second-order valence-electron chi connectivity index (χ2n) is 3.18. The minimum atomic E-state index is 0.792. The molecular formula is C8H13N. The normalized spacial score (nSPS) is 46.6. The summed E-state index contributed by atoms with van der Waals surface area (Å²) >= 11 is 0. The first-order chi connectivity index (χ1) is 4.40. The van der Waals surface area contributed by atoms with Crippen LogP contribution in [0.4, 0.5) is 0 Å². The van der Waals surface area contributed by atoms with Crippen molar-refractivity contribution in [1.29, 1.82) is 0 Å². The maximum atomic E-state index is 3.34. The van der Waals surface area contributed by atoms with Gasteiger partial charge in [-0.25, -0.2) is 0 Å². The molecule has 1 saturated carbocycles. The summed E-state index contributed by atoms with van der Waals surface area (Å²) in [5.41, 5.74) is 0. The average Bonchev–Trinajstić information content (AvgIpc) is 2.45. The van der Waals surface area contributed by atoms with Crippen LogP contribution in [0.25, 0.3) is 0 Å². The van der Waals surface area contributed by atoms with Crippen molar-refractivity contribution >= 4 is 0 Å². The molecule has 2 aliphatic rings. The van der Waals surface area contributed by atoms with E-state index in [1.165, 1.54) is 12.8 Å². The van der Waals surface area contributed by atoms with Crippen molar-refractivity contribution in [2.75, 3.05) is 7.05 Å². The molecule has 0 aliphatic heterocycles. The highest BCUT2D eigenvalue weighted by molar-refractivity contribution is 5.12. The van der Waals surface area contributed by atoms with Crippen molar-refractivity contribution < 1.29 is 0 Å². The number of rotatable bonds is 1. The fraction of sp³-hybridized carbons (Fsp3) is 0.750. The van der Waals surface area contributed by atoms with E-state index in [0.29, 0.717) is 0 Å². The largest absolute Gasteiger partial charge is 0.316 e. The second kappa shape index (κ2) is 1.84. The number of allylic oxidation sites excluding steroid dienone is 1. The Morgan fingerprint density at radius 3 is 2.56 bits per heavy atom. The van der Waals surface area contributed by atoms with Crippen LogP contribution < -0.4 is 5.32 Å². The molecule has 0 unspecified atom stereocenters. The first kappa shape index (κ1) is 5.48. The topological polar surface area (TPSA) is 12.0 Å². The highest BCUT2D eigenvalue weighted by Gasteiger charge is 2.34. The third-order valence-corrected chi connectivity index (χ3v) is 2.65. The summed E-state index contributed by atoms with van der Waals surface area (Å²) in [6.07, 6.45) is 7.52. The van der Waals surface area contributed by atoms with Gasteiger partial charge in [-0.3, -0.25) is 0 Å². The van der Waals surface area contributed by atoms with Crippen molar-refractivity contribution in [1.82, 2.24) is 5.32 Å². The predicted molar refractivity (Wildman–Crippen MR) is 38.2 cm³/mol. The number of fused-ring (bicyclic) bond motifs is 2. The van der Waals surface area contributed by atoms with E-state index in [4.69, 9.17) is 0 Å². The van der Waals surface area contributed by atoms with E-state index in [1.54, 1.807) is 0 Å². The molecule has 0 heterocycles. The summed E-state index contributed by atoms with van der Waals surface area (Å²) in [5.74, 6) is 1.77. The Kier molecular flexibility index (Phi) is 1.12. The highest BCUT2D eigenvalue weighted by Crippen LogP contribution is 2.38. The van der Waals surface area contributed by atoms with Crippen LogP contribution in [-0.2, 0) is 0 Å². The standard InChI is InChI=1S/C8H13N/c1-9-8-5-6-2-3-7(8)4-6/h2-3,6-9H,4-5H2,1H3/t6-,7+,8-/m0/s1. The minimum Gasteiger partial charge on any atom is -0.316 e. The summed E-state index contributed by atoms with van der Waals surface area (Å²) in [6.45, 7) is 0. The zero-order chi connectivity index (χ0) is 6.27. The van der Waals surface area contributed by atoms with Gasteiger partial charge >= 0.3 is 0 Å².